The molecule has 0 spiro atoms. The first kappa shape index (κ1) is 31.5. The summed E-state index contributed by atoms with van der Waals surface area (Å²) >= 11 is 0. The lowest BCUT2D eigenvalue weighted by Crippen LogP contribution is -2.41. The average Bonchev–Trinajstić information content (AvgIpc) is 3.00. The lowest BCUT2D eigenvalue weighted by atomic mass is 10.1. The average molecular weight is 561 g/mol. The molecule has 1 aliphatic heterocycles. The van der Waals surface area contributed by atoms with Crippen molar-refractivity contribution in [3.05, 3.63) is 65.7 Å². The fourth-order valence-electron chi connectivity index (χ4n) is 3.46. The molecule has 0 saturated carbocycles. The minimum atomic E-state index is -1.39. The molecule has 2 aromatic rings. The van der Waals surface area contributed by atoms with Gasteiger partial charge in [0.2, 0.25) is 0 Å². The maximum atomic E-state index is 13.1. The van der Waals surface area contributed by atoms with E-state index in [-0.39, 0.29) is 32.0 Å². The SMILES string of the molecule is CCC(C)COc1ccc(C(=O)OC(OC(=O)c2ccccc2)C2COCCOCCOCCOCCO2)cc1. The second kappa shape index (κ2) is 18.4. The molecule has 1 aliphatic rings. The highest BCUT2D eigenvalue weighted by Crippen LogP contribution is 2.18. The van der Waals surface area contributed by atoms with E-state index in [1.54, 1.807) is 54.6 Å². The normalized spacial score (nSPS) is 19.3. The summed E-state index contributed by atoms with van der Waals surface area (Å²) in [5.74, 6) is -0.282. The van der Waals surface area contributed by atoms with E-state index in [2.05, 4.69) is 13.8 Å². The first-order valence-electron chi connectivity index (χ1n) is 13.7. The standard InChI is InChI=1S/C30H40O10/c1-3-23(2)21-38-26-11-9-25(10-12-26)29(32)40-30(39-28(31)24-7-5-4-6-8-24)27-22-36-18-17-34-14-13-33-15-16-35-19-20-37-27/h4-12,23,27,30H,3,13-22H2,1-2H3. The zero-order chi connectivity index (χ0) is 28.4. The molecule has 1 heterocycles. The van der Waals surface area contributed by atoms with E-state index < -0.39 is 24.3 Å². The fourth-order valence-corrected chi connectivity index (χ4v) is 3.46. The molecule has 3 unspecified atom stereocenters. The van der Waals surface area contributed by atoms with Gasteiger partial charge in [0.05, 0.1) is 77.2 Å². The van der Waals surface area contributed by atoms with Gasteiger partial charge in [-0.05, 0) is 42.3 Å². The van der Waals surface area contributed by atoms with E-state index in [4.69, 9.17) is 37.9 Å². The molecule has 1 fully saturated rings. The van der Waals surface area contributed by atoms with Gasteiger partial charge in [-0.25, -0.2) is 9.59 Å². The van der Waals surface area contributed by atoms with Crippen LogP contribution >= 0.6 is 0 Å². The van der Waals surface area contributed by atoms with E-state index in [0.717, 1.165) is 6.42 Å². The zero-order valence-corrected chi connectivity index (χ0v) is 23.3. The zero-order valence-electron chi connectivity index (χ0n) is 23.3. The third kappa shape index (κ3) is 11.6. The quantitative estimate of drug-likeness (QED) is 0.331. The summed E-state index contributed by atoms with van der Waals surface area (Å²) in [6.07, 6.45) is -1.30. The van der Waals surface area contributed by atoms with Crippen molar-refractivity contribution in [2.75, 3.05) is 66.1 Å². The minimum absolute atomic E-state index is 0.0116. The third-order valence-corrected chi connectivity index (χ3v) is 6.04. The van der Waals surface area contributed by atoms with Crippen molar-refractivity contribution in [1.29, 1.82) is 0 Å². The Bertz CT molecular complexity index is 966. The lowest BCUT2D eigenvalue weighted by molar-refractivity contribution is -0.175. The van der Waals surface area contributed by atoms with E-state index in [9.17, 15) is 9.59 Å². The summed E-state index contributed by atoms with van der Waals surface area (Å²) < 4.78 is 45.2. The van der Waals surface area contributed by atoms with Crippen molar-refractivity contribution in [2.45, 2.75) is 32.7 Å². The van der Waals surface area contributed by atoms with Gasteiger partial charge in [-0.15, -0.1) is 0 Å². The molecule has 10 heteroatoms. The van der Waals surface area contributed by atoms with E-state index >= 15 is 0 Å². The van der Waals surface area contributed by atoms with Gasteiger partial charge in [0.25, 0.3) is 6.29 Å². The van der Waals surface area contributed by atoms with Crippen molar-refractivity contribution in [3.8, 4) is 5.75 Å². The highest BCUT2D eigenvalue weighted by molar-refractivity contribution is 5.91. The molecule has 3 atom stereocenters. The molecule has 0 aliphatic carbocycles. The molecule has 10 nitrogen and oxygen atoms in total. The Morgan fingerprint density at radius 1 is 0.750 bits per heavy atom. The topological polar surface area (TPSA) is 108 Å². The molecule has 0 amide bonds. The number of rotatable bonds is 9. The number of benzene rings is 2. The Morgan fingerprint density at radius 2 is 1.27 bits per heavy atom. The Labute approximate surface area is 235 Å². The number of hydrogen-bond donors (Lipinski definition) is 0. The molecule has 220 valence electrons. The second-order valence-electron chi connectivity index (χ2n) is 9.22. The minimum Gasteiger partial charge on any atom is -0.493 e. The molecule has 0 radical (unpaired) electrons. The summed E-state index contributed by atoms with van der Waals surface area (Å²) in [4.78, 5) is 26.1. The van der Waals surface area contributed by atoms with Gasteiger partial charge in [-0.3, -0.25) is 0 Å². The van der Waals surface area contributed by atoms with Crippen LogP contribution in [0.2, 0.25) is 0 Å². The van der Waals surface area contributed by atoms with E-state index in [1.807, 2.05) is 0 Å². The Morgan fingerprint density at radius 3 is 1.85 bits per heavy atom. The van der Waals surface area contributed by atoms with Gasteiger partial charge in [-0.2, -0.15) is 0 Å². The number of carbonyl (C=O) groups is 2. The van der Waals surface area contributed by atoms with Crippen molar-refractivity contribution >= 4 is 11.9 Å². The highest BCUT2D eigenvalue weighted by atomic mass is 16.7. The molecule has 1 saturated heterocycles. The number of ether oxygens (including phenoxy) is 8. The van der Waals surface area contributed by atoms with Gasteiger partial charge in [-0.1, -0.05) is 38.5 Å². The summed E-state index contributed by atoms with van der Waals surface area (Å²) in [5, 5.41) is 0. The maximum absolute atomic E-state index is 13.1. The molecule has 0 N–H and O–H groups in total. The second-order valence-corrected chi connectivity index (χ2v) is 9.22. The Balaban J connectivity index is 1.71. The van der Waals surface area contributed by atoms with Crippen molar-refractivity contribution in [3.63, 3.8) is 0 Å². The third-order valence-electron chi connectivity index (χ3n) is 6.04. The first-order valence-corrected chi connectivity index (χ1v) is 13.7. The highest BCUT2D eigenvalue weighted by Gasteiger charge is 2.31. The van der Waals surface area contributed by atoms with Gasteiger partial charge < -0.3 is 37.9 Å². The Kier molecular flexibility index (Phi) is 14.5. The molecule has 0 bridgehead atoms. The number of hydrogen-bond acceptors (Lipinski definition) is 10. The van der Waals surface area contributed by atoms with Crippen LogP contribution in [0.15, 0.2) is 54.6 Å². The van der Waals surface area contributed by atoms with Crippen LogP contribution in [0.3, 0.4) is 0 Å². The molecular weight excluding hydrogens is 520 g/mol. The van der Waals surface area contributed by atoms with Crippen LogP contribution in [0, 0.1) is 5.92 Å². The first-order chi connectivity index (χ1) is 19.6. The van der Waals surface area contributed by atoms with Gasteiger partial charge in [0, 0.05) is 0 Å². The van der Waals surface area contributed by atoms with Crippen LogP contribution in [0.1, 0.15) is 41.0 Å². The molecule has 40 heavy (non-hydrogen) atoms. The van der Waals surface area contributed by atoms with Crippen LogP contribution < -0.4 is 4.74 Å². The van der Waals surface area contributed by atoms with Gasteiger partial charge >= 0.3 is 11.9 Å². The predicted molar refractivity (Wildman–Crippen MR) is 145 cm³/mol. The van der Waals surface area contributed by atoms with Crippen LogP contribution in [0.25, 0.3) is 0 Å². The molecule has 0 aromatic heterocycles. The molecule has 3 rings (SSSR count). The number of esters is 2. The van der Waals surface area contributed by atoms with Crippen molar-refractivity contribution < 1.29 is 47.5 Å². The lowest BCUT2D eigenvalue weighted by Gasteiger charge is -2.27. The predicted octanol–water partition coefficient (Wildman–Crippen LogP) is 3.92. The smallest absolute Gasteiger partial charge is 0.341 e. The summed E-state index contributed by atoms with van der Waals surface area (Å²) in [7, 11) is 0. The largest absolute Gasteiger partial charge is 0.493 e. The maximum Gasteiger partial charge on any atom is 0.341 e. The summed E-state index contributed by atoms with van der Waals surface area (Å²) in [6, 6.07) is 15.1. The van der Waals surface area contributed by atoms with E-state index in [1.165, 1.54) is 0 Å². The Hall–Kier alpha value is -3.02. The molecule has 2 aromatic carbocycles. The van der Waals surface area contributed by atoms with E-state index in [0.29, 0.717) is 56.9 Å². The van der Waals surface area contributed by atoms with Crippen LogP contribution in [0.5, 0.6) is 5.75 Å². The summed E-state index contributed by atoms with van der Waals surface area (Å²) in [6.45, 7) is 7.52. The number of carbonyl (C=O) groups excluding carboxylic acids is 2. The van der Waals surface area contributed by atoms with Crippen molar-refractivity contribution in [1.82, 2.24) is 0 Å². The van der Waals surface area contributed by atoms with Gasteiger partial charge in [0.1, 0.15) is 5.75 Å². The summed E-state index contributed by atoms with van der Waals surface area (Å²) in [5.41, 5.74) is 0.576. The fraction of sp³-hybridized carbons (Fsp3) is 0.533. The molecular formula is C30H40O10. The van der Waals surface area contributed by atoms with Crippen LogP contribution in [-0.2, 0) is 33.2 Å². The van der Waals surface area contributed by atoms with Gasteiger partial charge in [0.15, 0.2) is 6.10 Å². The monoisotopic (exact) mass is 560 g/mol. The van der Waals surface area contributed by atoms with Crippen molar-refractivity contribution in [2.24, 2.45) is 5.92 Å². The van der Waals surface area contributed by atoms with Crippen LogP contribution in [0.4, 0.5) is 0 Å². The van der Waals surface area contributed by atoms with Crippen LogP contribution in [-0.4, -0.2) is 90.4 Å².